The number of rotatable bonds is 23. The summed E-state index contributed by atoms with van der Waals surface area (Å²) < 4.78 is 42.1. The zero-order chi connectivity index (χ0) is 43.6. The summed E-state index contributed by atoms with van der Waals surface area (Å²) in [4.78, 5) is 56.3. The molecule has 2 rings (SSSR count). The molecule has 0 radical (unpaired) electrons. The van der Waals surface area contributed by atoms with Gasteiger partial charge in [-0.25, -0.2) is 9.36 Å². The molecule has 0 aliphatic rings. The molecule has 326 valence electrons. The van der Waals surface area contributed by atoms with E-state index in [-0.39, 0.29) is 37.5 Å². The topological polar surface area (TPSA) is 159 Å². The van der Waals surface area contributed by atoms with Gasteiger partial charge < -0.3 is 29.5 Å². The van der Waals surface area contributed by atoms with Crippen molar-refractivity contribution in [1.82, 2.24) is 15.5 Å². The Morgan fingerprint density at radius 2 is 1.24 bits per heavy atom. The van der Waals surface area contributed by atoms with Crippen molar-refractivity contribution < 1.29 is 46.8 Å². The Bertz CT molecular complexity index is 1590. The number of benzene rings is 2. The van der Waals surface area contributed by atoms with Crippen molar-refractivity contribution in [3.8, 4) is 5.75 Å². The number of unbranched alkanes of at least 4 members (excludes halogenated alkanes) is 4. The Balaban J connectivity index is 2.44. The first-order valence-electron chi connectivity index (χ1n) is 20.6. The van der Waals surface area contributed by atoms with Gasteiger partial charge in [-0.2, -0.15) is 0 Å². The van der Waals surface area contributed by atoms with Gasteiger partial charge in [-0.1, -0.05) is 82.0 Å². The molecule has 2 atom stereocenters. The van der Waals surface area contributed by atoms with Gasteiger partial charge in [0.05, 0.1) is 11.2 Å². The molecule has 58 heavy (non-hydrogen) atoms. The van der Waals surface area contributed by atoms with E-state index in [2.05, 4.69) is 24.5 Å². The third-order valence-corrected chi connectivity index (χ3v) is 10.2. The highest BCUT2D eigenvalue weighted by molar-refractivity contribution is 7.49. The number of amides is 3. The molecule has 3 amide bonds. The van der Waals surface area contributed by atoms with Crippen LogP contribution < -0.4 is 15.2 Å². The number of alkyl carbamates (subject to hydrolysis) is 1. The Labute approximate surface area is 347 Å². The number of carbonyl (C=O) groups excluding carboxylic acids is 4. The smallest absolute Gasteiger partial charge is 0.460 e. The number of carbonyl (C=O) groups is 4. The molecule has 0 spiro atoms. The van der Waals surface area contributed by atoms with Crippen LogP contribution in [0.15, 0.2) is 54.6 Å². The van der Waals surface area contributed by atoms with E-state index >= 15 is 0 Å². The van der Waals surface area contributed by atoms with Crippen molar-refractivity contribution in [2.75, 3.05) is 13.1 Å². The van der Waals surface area contributed by atoms with Crippen molar-refractivity contribution in [3.05, 3.63) is 65.7 Å². The summed E-state index contributed by atoms with van der Waals surface area (Å²) in [6.45, 7) is 21.0. The molecule has 2 N–H and O–H groups in total. The molecule has 0 aromatic heterocycles. The van der Waals surface area contributed by atoms with Gasteiger partial charge in [-0.3, -0.25) is 23.4 Å². The molecule has 14 heteroatoms. The molecular formula is C44H70N3O10P. The first-order chi connectivity index (χ1) is 27.0. The molecule has 2 aromatic rings. The number of hydrogen-bond donors (Lipinski definition) is 2. The Morgan fingerprint density at radius 3 is 1.74 bits per heavy atom. The van der Waals surface area contributed by atoms with Gasteiger partial charge in [0.1, 0.15) is 30.0 Å². The molecule has 0 bridgehead atoms. The van der Waals surface area contributed by atoms with Crippen molar-refractivity contribution in [2.24, 2.45) is 0 Å². The minimum absolute atomic E-state index is 0.00206. The summed E-state index contributed by atoms with van der Waals surface area (Å²) in [5, 5.41) is 5.57. The largest absolute Gasteiger partial charge is 0.531 e. The Hall–Kier alpha value is -3.93. The van der Waals surface area contributed by atoms with Gasteiger partial charge >= 0.3 is 19.9 Å². The van der Waals surface area contributed by atoms with E-state index in [4.69, 9.17) is 23.0 Å². The molecule has 0 aliphatic heterocycles. The molecule has 13 nitrogen and oxygen atoms in total. The SMILES string of the molecule is CCCCCN(CCCCC)C(=O)[C@H](CCC(=O)OC(C)(C)C)NC(=O)[C@H](Cc1ccc(OP(=O)(OC(C)(C)C)OC(C)(C)C)cc1)NC(=O)OCc1ccccc1. The number of phosphoric ester groups is 1. The lowest BCUT2D eigenvalue weighted by Gasteiger charge is -2.30. The lowest BCUT2D eigenvalue weighted by molar-refractivity contribution is -0.155. The third-order valence-electron chi connectivity index (χ3n) is 8.22. The number of ether oxygens (including phenoxy) is 2. The van der Waals surface area contributed by atoms with Crippen LogP contribution in [0.3, 0.4) is 0 Å². The summed E-state index contributed by atoms with van der Waals surface area (Å²) in [6.07, 6.45) is 4.50. The van der Waals surface area contributed by atoms with E-state index in [0.717, 1.165) is 44.1 Å². The predicted molar refractivity (Wildman–Crippen MR) is 226 cm³/mol. The van der Waals surface area contributed by atoms with Gasteiger partial charge in [-0.15, -0.1) is 0 Å². The maximum Gasteiger partial charge on any atom is 0.531 e. The molecule has 0 saturated heterocycles. The lowest BCUT2D eigenvalue weighted by atomic mass is 10.0. The van der Waals surface area contributed by atoms with Gasteiger partial charge in [0.25, 0.3) is 0 Å². The van der Waals surface area contributed by atoms with Crippen LogP contribution in [0, 0.1) is 0 Å². The van der Waals surface area contributed by atoms with Crippen molar-refractivity contribution >= 4 is 31.7 Å². The van der Waals surface area contributed by atoms with Gasteiger partial charge in [0.2, 0.25) is 11.8 Å². The molecule has 0 heterocycles. The van der Waals surface area contributed by atoms with Crippen LogP contribution in [0.1, 0.15) is 139 Å². The molecule has 0 saturated carbocycles. The van der Waals surface area contributed by atoms with Gasteiger partial charge in [0, 0.05) is 25.9 Å². The highest BCUT2D eigenvalue weighted by Gasteiger charge is 2.39. The number of nitrogens with one attached hydrogen (secondary N) is 2. The summed E-state index contributed by atoms with van der Waals surface area (Å²) in [7, 11) is -4.08. The van der Waals surface area contributed by atoms with Crippen LogP contribution in [0.4, 0.5) is 4.79 Å². The molecule has 0 fully saturated rings. The summed E-state index contributed by atoms with van der Waals surface area (Å²) in [5.41, 5.74) is -1.03. The molecule has 0 unspecified atom stereocenters. The maximum atomic E-state index is 14.2. The number of esters is 1. The first-order valence-corrected chi connectivity index (χ1v) is 22.1. The van der Waals surface area contributed by atoms with E-state index in [0.29, 0.717) is 18.7 Å². The highest BCUT2D eigenvalue weighted by Crippen LogP contribution is 2.55. The monoisotopic (exact) mass is 831 g/mol. The molecule has 0 aliphatic carbocycles. The summed E-state index contributed by atoms with van der Waals surface area (Å²) >= 11 is 0. The maximum absolute atomic E-state index is 14.2. The van der Waals surface area contributed by atoms with Gasteiger partial charge in [0.15, 0.2) is 0 Å². The average Bonchev–Trinajstić information content (AvgIpc) is 3.10. The standard InChI is InChI=1S/C44H70N3O10P/c1-12-14-19-29-47(30-20-15-13-2)40(50)36(27-28-38(48)54-42(3,4)5)45-39(49)37(46-41(51)53-32-34-21-17-16-18-22-34)31-33-23-25-35(26-24-33)55-58(52,56-43(6,7)8)57-44(9,10)11/h16-18,21-26,36-37H,12-15,19-20,27-32H2,1-11H3,(H,45,49)(H,46,51)/t36-,37-/m0/s1. The molecular weight excluding hydrogens is 761 g/mol. The normalized spacial score (nSPS) is 13.2. The predicted octanol–water partition coefficient (Wildman–Crippen LogP) is 9.46. The van der Waals surface area contributed by atoms with Crippen LogP contribution in [0.2, 0.25) is 0 Å². The van der Waals surface area contributed by atoms with Crippen LogP contribution in [-0.2, 0) is 50.5 Å². The Kier molecular flexibility index (Phi) is 20.4. The second-order valence-corrected chi connectivity index (χ2v) is 18.9. The second-order valence-electron chi connectivity index (χ2n) is 17.5. The Morgan fingerprint density at radius 1 is 0.690 bits per heavy atom. The van der Waals surface area contributed by atoms with E-state index < -0.39 is 54.7 Å². The van der Waals surface area contributed by atoms with E-state index in [9.17, 15) is 23.7 Å². The number of phosphoric acid groups is 1. The zero-order valence-electron chi connectivity index (χ0n) is 36.8. The van der Waals surface area contributed by atoms with Crippen LogP contribution in [0.25, 0.3) is 0 Å². The van der Waals surface area contributed by atoms with Crippen LogP contribution >= 0.6 is 7.82 Å². The third kappa shape index (κ3) is 21.2. The van der Waals surface area contributed by atoms with Crippen LogP contribution in [-0.4, -0.2) is 70.8 Å². The number of nitrogens with zero attached hydrogens (tertiary/aromatic N) is 1. The first kappa shape index (κ1) is 50.2. The van der Waals surface area contributed by atoms with E-state index in [1.807, 2.05) is 30.3 Å². The minimum atomic E-state index is -4.08. The minimum Gasteiger partial charge on any atom is -0.460 e. The average molecular weight is 832 g/mol. The van der Waals surface area contributed by atoms with E-state index in [1.54, 1.807) is 91.5 Å². The molecule has 2 aromatic carbocycles. The highest BCUT2D eigenvalue weighted by atomic mass is 31.2. The number of hydrogen-bond acceptors (Lipinski definition) is 10. The van der Waals surface area contributed by atoms with Crippen molar-refractivity contribution in [1.29, 1.82) is 0 Å². The fraction of sp³-hybridized carbons (Fsp3) is 0.636. The fourth-order valence-electron chi connectivity index (χ4n) is 5.74. The van der Waals surface area contributed by atoms with Crippen molar-refractivity contribution in [2.45, 2.75) is 169 Å². The van der Waals surface area contributed by atoms with E-state index in [1.165, 1.54) is 0 Å². The van der Waals surface area contributed by atoms with Crippen molar-refractivity contribution in [3.63, 3.8) is 0 Å². The lowest BCUT2D eigenvalue weighted by Crippen LogP contribution is -2.55. The summed E-state index contributed by atoms with van der Waals surface area (Å²) in [6, 6.07) is 13.3. The summed E-state index contributed by atoms with van der Waals surface area (Å²) in [5.74, 6) is -1.22. The second kappa shape index (κ2) is 23.6. The fourth-order valence-corrected chi connectivity index (χ4v) is 7.57. The zero-order valence-corrected chi connectivity index (χ0v) is 37.7. The van der Waals surface area contributed by atoms with Crippen LogP contribution in [0.5, 0.6) is 5.75 Å². The van der Waals surface area contributed by atoms with Gasteiger partial charge in [-0.05, 0) is 105 Å². The quantitative estimate of drug-likeness (QED) is 0.0628.